The number of amides is 3. The van der Waals surface area contributed by atoms with Gasteiger partial charge in [-0.05, 0) is 18.2 Å². The van der Waals surface area contributed by atoms with Crippen molar-refractivity contribution in [2.24, 2.45) is 0 Å². The topological polar surface area (TPSA) is 114 Å². The van der Waals surface area contributed by atoms with E-state index in [9.17, 15) is 19.2 Å². The van der Waals surface area contributed by atoms with Crippen LogP contribution in [0.2, 0.25) is 0 Å². The molecule has 3 heterocycles. The third-order valence-electron chi connectivity index (χ3n) is 4.89. The Morgan fingerprint density at radius 1 is 0.967 bits per heavy atom. The van der Waals surface area contributed by atoms with Crippen molar-refractivity contribution in [1.82, 2.24) is 25.0 Å². The monoisotopic (exact) mass is 405 g/mol. The van der Waals surface area contributed by atoms with Crippen molar-refractivity contribution >= 4 is 28.5 Å². The van der Waals surface area contributed by atoms with E-state index in [1.807, 2.05) is 6.07 Å². The third-order valence-corrected chi connectivity index (χ3v) is 4.89. The van der Waals surface area contributed by atoms with Crippen molar-refractivity contribution in [3.63, 3.8) is 0 Å². The molecule has 3 amide bonds. The Kier molecular flexibility index (Phi) is 5.34. The van der Waals surface area contributed by atoms with Gasteiger partial charge >= 0.3 is 0 Å². The first-order valence-electron chi connectivity index (χ1n) is 9.51. The molecule has 0 aliphatic carbocycles. The van der Waals surface area contributed by atoms with E-state index < -0.39 is 5.91 Å². The highest BCUT2D eigenvalue weighted by atomic mass is 16.2. The van der Waals surface area contributed by atoms with E-state index in [1.165, 1.54) is 4.68 Å². The highest BCUT2D eigenvalue weighted by Crippen LogP contribution is 2.14. The average Bonchev–Trinajstić information content (AvgIpc) is 3.07. The van der Waals surface area contributed by atoms with Gasteiger partial charge in [0.15, 0.2) is 0 Å². The Bertz CT molecular complexity index is 1170. The minimum absolute atomic E-state index is 0.0536. The quantitative estimate of drug-likeness (QED) is 0.601. The van der Waals surface area contributed by atoms with Crippen LogP contribution in [-0.2, 0) is 27.5 Å². The van der Waals surface area contributed by atoms with Crippen molar-refractivity contribution in [2.75, 3.05) is 6.54 Å². The Labute approximate surface area is 171 Å². The van der Waals surface area contributed by atoms with Crippen molar-refractivity contribution in [2.45, 2.75) is 25.9 Å². The molecule has 1 saturated heterocycles. The van der Waals surface area contributed by atoms with Crippen LogP contribution in [0.1, 0.15) is 24.2 Å². The summed E-state index contributed by atoms with van der Waals surface area (Å²) in [6.45, 7) is -0.0660. The normalized spacial score (nSPS) is 13.8. The molecule has 0 spiro atoms. The van der Waals surface area contributed by atoms with Gasteiger partial charge in [-0.2, -0.15) is 5.10 Å². The number of rotatable bonds is 6. The summed E-state index contributed by atoms with van der Waals surface area (Å²) < 4.78 is 1.32. The van der Waals surface area contributed by atoms with E-state index in [0.717, 1.165) is 4.90 Å². The van der Waals surface area contributed by atoms with E-state index in [4.69, 9.17) is 0 Å². The second kappa shape index (κ2) is 8.24. The minimum atomic E-state index is -0.466. The smallest absolute Gasteiger partial charge is 0.275 e. The maximum atomic E-state index is 12.8. The van der Waals surface area contributed by atoms with Gasteiger partial charge in [-0.3, -0.25) is 29.1 Å². The summed E-state index contributed by atoms with van der Waals surface area (Å²) in [6.07, 6.45) is 1.91. The standard InChI is InChI=1S/C21H19N5O4/c27-18(13-25-19(28)8-9-20(25)29)23-11-17-15-6-1-2-7-16(15)21(30)26(24-17)12-14-5-3-4-10-22-14/h1-7,10H,8-9,11-13H2,(H,23,27). The van der Waals surface area contributed by atoms with Crippen LogP contribution < -0.4 is 10.9 Å². The van der Waals surface area contributed by atoms with Gasteiger partial charge in [0.1, 0.15) is 6.54 Å². The van der Waals surface area contributed by atoms with E-state index in [2.05, 4.69) is 15.4 Å². The van der Waals surface area contributed by atoms with Crippen molar-refractivity contribution in [1.29, 1.82) is 0 Å². The van der Waals surface area contributed by atoms with E-state index in [1.54, 1.807) is 42.6 Å². The molecule has 9 nitrogen and oxygen atoms in total. The lowest BCUT2D eigenvalue weighted by atomic mass is 10.1. The van der Waals surface area contributed by atoms with Gasteiger partial charge in [-0.25, -0.2) is 4.68 Å². The van der Waals surface area contributed by atoms with Crippen LogP contribution in [0.3, 0.4) is 0 Å². The molecular formula is C21H19N5O4. The molecule has 9 heteroatoms. The fraction of sp³-hybridized carbons (Fsp3) is 0.238. The predicted octanol–water partition coefficient (Wildman–Crippen LogP) is 0.605. The largest absolute Gasteiger partial charge is 0.349 e. The summed E-state index contributed by atoms with van der Waals surface area (Å²) >= 11 is 0. The number of nitrogens with zero attached hydrogens (tertiary/aromatic N) is 4. The van der Waals surface area contributed by atoms with Crippen LogP contribution >= 0.6 is 0 Å². The zero-order valence-electron chi connectivity index (χ0n) is 16.1. The summed E-state index contributed by atoms with van der Waals surface area (Å²) in [6, 6.07) is 12.5. The zero-order valence-corrected chi connectivity index (χ0v) is 16.1. The number of benzene rings is 1. The summed E-state index contributed by atoms with van der Waals surface area (Å²) in [5, 5.41) is 8.24. The van der Waals surface area contributed by atoms with Crippen LogP contribution in [0.25, 0.3) is 10.8 Å². The molecule has 0 atom stereocenters. The lowest BCUT2D eigenvalue weighted by molar-refractivity contribution is -0.142. The average molecular weight is 405 g/mol. The number of pyridine rings is 1. The Morgan fingerprint density at radius 3 is 2.37 bits per heavy atom. The molecule has 3 aromatic rings. The molecule has 152 valence electrons. The molecular weight excluding hydrogens is 386 g/mol. The van der Waals surface area contributed by atoms with E-state index in [0.29, 0.717) is 22.2 Å². The second-order valence-electron chi connectivity index (χ2n) is 6.93. The number of likely N-dealkylation sites (tertiary alicyclic amines) is 1. The van der Waals surface area contributed by atoms with Gasteiger partial charge in [0, 0.05) is 24.4 Å². The minimum Gasteiger partial charge on any atom is -0.349 e. The number of fused-ring (bicyclic) bond motifs is 1. The molecule has 1 fully saturated rings. The number of hydrogen-bond donors (Lipinski definition) is 1. The first-order valence-corrected chi connectivity index (χ1v) is 9.51. The summed E-state index contributed by atoms with van der Waals surface area (Å²) in [7, 11) is 0. The molecule has 1 aliphatic heterocycles. The maximum Gasteiger partial charge on any atom is 0.275 e. The molecule has 0 unspecified atom stereocenters. The van der Waals surface area contributed by atoms with Gasteiger partial charge in [-0.15, -0.1) is 0 Å². The van der Waals surface area contributed by atoms with Crippen LogP contribution in [0.5, 0.6) is 0 Å². The highest BCUT2D eigenvalue weighted by Gasteiger charge is 2.30. The van der Waals surface area contributed by atoms with Gasteiger partial charge in [0.2, 0.25) is 17.7 Å². The van der Waals surface area contributed by atoms with Gasteiger partial charge < -0.3 is 5.32 Å². The number of carbonyl (C=O) groups is 3. The zero-order chi connectivity index (χ0) is 21.1. The highest BCUT2D eigenvalue weighted by molar-refractivity contribution is 6.04. The van der Waals surface area contributed by atoms with Crippen LogP contribution in [0, 0.1) is 0 Å². The molecule has 0 radical (unpaired) electrons. The lowest BCUT2D eigenvalue weighted by Crippen LogP contribution is -2.40. The van der Waals surface area contributed by atoms with Crippen LogP contribution in [0.15, 0.2) is 53.5 Å². The summed E-state index contributed by atoms with van der Waals surface area (Å²) in [5.41, 5.74) is 0.941. The van der Waals surface area contributed by atoms with E-state index in [-0.39, 0.29) is 49.8 Å². The predicted molar refractivity (Wildman–Crippen MR) is 107 cm³/mol. The van der Waals surface area contributed by atoms with Gasteiger partial charge in [0.05, 0.1) is 29.9 Å². The lowest BCUT2D eigenvalue weighted by Gasteiger charge is -2.14. The molecule has 4 rings (SSSR count). The molecule has 0 bridgehead atoms. The molecule has 30 heavy (non-hydrogen) atoms. The third kappa shape index (κ3) is 3.95. The Balaban J connectivity index is 1.57. The van der Waals surface area contributed by atoms with Gasteiger partial charge in [-0.1, -0.05) is 24.3 Å². The van der Waals surface area contributed by atoms with Crippen molar-refractivity contribution in [3.05, 3.63) is 70.4 Å². The fourth-order valence-electron chi connectivity index (χ4n) is 3.37. The number of imide groups is 1. The maximum absolute atomic E-state index is 12.8. The first kappa shape index (κ1) is 19.4. The Hall–Kier alpha value is -3.88. The number of carbonyl (C=O) groups excluding carboxylic acids is 3. The number of nitrogens with one attached hydrogen (secondary N) is 1. The van der Waals surface area contributed by atoms with Crippen LogP contribution in [-0.4, -0.2) is 43.9 Å². The SMILES string of the molecule is O=C(CN1C(=O)CCC1=O)NCc1nn(Cc2ccccn2)c(=O)c2ccccc12. The number of hydrogen-bond acceptors (Lipinski definition) is 6. The van der Waals surface area contributed by atoms with Crippen molar-refractivity contribution < 1.29 is 14.4 Å². The molecule has 1 N–H and O–H groups in total. The summed E-state index contributed by atoms with van der Waals surface area (Å²) in [5.74, 6) is -1.16. The Morgan fingerprint density at radius 2 is 1.67 bits per heavy atom. The molecule has 1 aliphatic rings. The van der Waals surface area contributed by atoms with Gasteiger partial charge in [0.25, 0.3) is 5.56 Å². The van der Waals surface area contributed by atoms with E-state index >= 15 is 0 Å². The molecule has 2 aromatic heterocycles. The van der Waals surface area contributed by atoms with Crippen molar-refractivity contribution in [3.8, 4) is 0 Å². The molecule has 1 aromatic carbocycles. The fourth-order valence-corrected chi connectivity index (χ4v) is 3.37. The first-order chi connectivity index (χ1) is 14.5. The van der Waals surface area contributed by atoms with Crippen LogP contribution in [0.4, 0.5) is 0 Å². The number of aromatic nitrogens is 3. The molecule has 0 saturated carbocycles. The second-order valence-corrected chi connectivity index (χ2v) is 6.93. The summed E-state index contributed by atoms with van der Waals surface area (Å²) in [4.78, 5) is 53.7.